The van der Waals surface area contributed by atoms with E-state index in [-0.39, 0.29) is 0 Å². The molecular weight excluding hydrogens is 256 g/mol. The second-order valence-corrected chi connectivity index (χ2v) is 4.42. The Bertz CT molecular complexity index is 185. The van der Waals surface area contributed by atoms with Gasteiger partial charge in [0, 0.05) is 26.4 Å². The third kappa shape index (κ3) is 17.0. The summed E-state index contributed by atoms with van der Waals surface area (Å²) in [5.41, 5.74) is 0. The largest absolute Gasteiger partial charge is 0.502 e. The fraction of sp³-hybridized carbons (Fsp3) is 0.750. The molecule has 0 N–H and O–H groups in total. The molecule has 0 bridgehead atoms. The maximum absolute atomic E-state index is 5.52. The molecular formula is C16H30O4. The van der Waals surface area contributed by atoms with E-state index in [2.05, 4.69) is 13.2 Å². The molecule has 0 heterocycles. The first-order chi connectivity index (χ1) is 9.91. The molecule has 0 unspecified atom stereocenters. The van der Waals surface area contributed by atoms with E-state index < -0.39 is 0 Å². The normalized spacial score (nSPS) is 10.2. The molecule has 0 aromatic heterocycles. The molecule has 0 aromatic carbocycles. The predicted molar refractivity (Wildman–Crippen MR) is 81.6 cm³/mol. The summed E-state index contributed by atoms with van der Waals surface area (Å²) in [5, 5.41) is 0. The quantitative estimate of drug-likeness (QED) is 0.302. The third-order valence-corrected chi connectivity index (χ3v) is 2.66. The molecule has 4 heteroatoms. The summed E-state index contributed by atoms with van der Waals surface area (Å²) >= 11 is 0. The van der Waals surface area contributed by atoms with Gasteiger partial charge in [0.05, 0.1) is 25.7 Å². The number of hydrogen-bond donors (Lipinski definition) is 0. The lowest BCUT2D eigenvalue weighted by molar-refractivity contribution is 0.0951. The Morgan fingerprint density at radius 1 is 0.500 bits per heavy atom. The highest BCUT2D eigenvalue weighted by molar-refractivity contribution is 4.50. The molecule has 20 heavy (non-hydrogen) atoms. The van der Waals surface area contributed by atoms with Crippen molar-refractivity contribution < 1.29 is 18.9 Å². The van der Waals surface area contributed by atoms with E-state index in [1.165, 1.54) is 12.5 Å². The van der Waals surface area contributed by atoms with Crippen LogP contribution >= 0.6 is 0 Å². The van der Waals surface area contributed by atoms with Crippen molar-refractivity contribution in [2.24, 2.45) is 0 Å². The van der Waals surface area contributed by atoms with Gasteiger partial charge in [0.15, 0.2) is 0 Å². The molecule has 0 rings (SSSR count). The van der Waals surface area contributed by atoms with E-state index in [1.807, 2.05) is 0 Å². The Morgan fingerprint density at radius 2 is 0.800 bits per heavy atom. The average Bonchev–Trinajstić information content (AvgIpc) is 2.47. The maximum atomic E-state index is 5.52. The van der Waals surface area contributed by atoms with Crippen LogP contribution in [0.1, 0.15) is 38.5 Å². The first kappa shape index (κ1) is 19.0. The minimum absolute atomic E-state index is 0.735. The molecule has 0 saturated carbocycles. The summed E-state index contributed by atoms with van der Waals surface area (Å²) in [6, 6.07) is 0. The van der Waals surface area contributed by atoms with Gasteiger partial charge < -0.3 is 18.9 Å². The highest BCUT2D eigenvalue weighted by Gasteiger charge is 1.93. The Kier molecular flexibility index (Phi) is 17.1. The van der Waals surface area contributed by atoms with Gasteiger partial charge in [0.2, 0.25) is 0 Å². The van der Waals surface area contributed by atoms with Gasteiger partial charge >= 0.3 is 0 Å². The Hall–Kier alpha value is -1.00. The highest BCUT2D eigenvalue weighted by atomic mass is 16.5. The van der Waals surface area contributed by atoms with Crippen molar-refractivity contribution in [3.63, 3.8) is 0 Å². The first-order valence-electron chi connectivity index (χ1n) is 7.52. The van der Waals surface area contributed by atoms with Crippen molar-refractivity contribution in [3.8, 4) is 0 Å². The van der Waals surface area contributed by atoms with Gasteiger partial charge in [-0.2, -0.15) is 0 Å². The van der Waals surface area contributed by atoms with Crippen LogP contribution in [0.5, 0.6) is 0 Å². The first-order valence-corrected chi connectivity index (χ1v) is 7.52. The van der Waals surface area contributed by atoms with Crippen molar-refractivity contribution >= 4 is 0 Å². The summed E-state index contributed by atoms with van der Waals surface area (Å²) in [5.74, 6) is 0. The van der Waals surface area contributed by atoms with Crippen molar-refractivity contribution in [1.29, 1.82) is 0 Å². The Balaban J connectivity index is 2.92. The Labute approximate surface area is 123 Å². The lowest BCUT2D eigenvalue weighted by Gasteiger charge is -2.06. The lowest BCUT2D eigenvalue weighted by atomic mass is 10.3. The van der Waals surface area contributed by atoms with Gasteiger partial charge in [-0.3, -0.25) is 0 Å². The standard InChI is InChI=1S/C16H30O4/c1-3-17-11-5-7-13-19-15-9-10-16-20-14-8-6-12-18-4-2/h3-4H,1-2,5-16H2. The van der Waals surface area contributed by atoms with Gasteiger partial charge in [-0.05, 0) is 38.5 Å². The molecule has 118 valence electrons. The molecule has 0 spiro atoms. The zero-order valence-electron chi connectivity index (χ0n) is 12.7. The molecule has 0 aliphatic rings. The maximum Gasteiger partial charge on any atom is 0.0873 e. The number of ether oxygens (including phenoxy) is 4. The summed E-state index contributed by atoms with van der Waals surface area (Å²) < 4.78 is 21.1. The van der Waals surface area contributed by atoms with Crippen LogP contribution in [0, 0.1) is 0 Å². The van der Waals surface area contributed by atoms with Crippen LogP contribution < -0.4 is 0 Å². The van der Waals surface area contributed by atoms with Crippen LogP contribution in [0.4, 0.5) is 0 Å². The van der Waals surface area contributed by atoms with Crippen LogP contribution in [0.15, 0.2) is 25.7 Å². The van der Waals surface area contributed by atoms with Crippen LogP contribution in [-0.4, -0.2) is 39.6 Å². The van der Waals surface area contributed by atoms with Gasteiger partial charge in [-0.25, -0.2) is 0 Å². The summed E-state index contributed by atoms with van der Waals surface area (Å²) in [7, 11) is 0. The summed E-state index contributed by atoms with van der Waals surface area (Å²) in [6.45, 7) is 11.7. The fourth-order valence-corrected chi connectivity index (χ4v) is 1.56. The van der Waals surface area contributed by atoms with E-state index in [4.69, 9.17) is 18.9 Å². The third-order valence-electron chi connectivity index (χ3n) is 2.66. The molecule has 0 aliphatic carbocycles. The highest BCUT2D eigenvalue weighted by Crippen LogP contribution is 1.97. The second-order valence-electron chi connectivity index (χ2n) is 4.42. The molecule has 0 aromatic rings. The molecule has 0 atom stereocenters. The molecule has 0 radical (unpaired) electrons. The minimum Gasteiger partial charge on any atom is -0.502 e. The van der Waals surface area contributed by atoms with Gasteiger partial charge in [-0.15, -0.1) is 0 Å². The van der Waals surface area contributed by atoms with E-state index in [0.29, 0.717) is 0 Å². The number of rotatable bonds is 17. The van der Waals surface area contributed by atoms with E-state index in [1.54, 1.807) is 0 Å². The molecule has 4 nitrogen and oxygen atoms in total. The fourth-order valence-electron chi connectivity index (χ4n) is 1.56. The monoisotopic (exact) mass is 286 g/mol. The van der Waals surface area contributed by atoms with Gasteiger partial charge in [0.1, 0.15) is 0 Å². The van der Waals surface area contributed by atoms with E-state index in [0.717, 1.165) is 78.2 Å². The lowest BCUT2D eigenvalue weighted by Crippen LogP contribution is -2.02. The zero-order chi connectivity index (χ0) is 14.7. The Morgan fingerprint density at radius 3 is 1.10 bits per heavy atom. The number of hydrogen-bond acceptors (Lipinski definition) is 4. The SMILES string of the molecule is C=COCCCCOCCCCOCCCCOC=C. The van der Waals surface area contributed by atoms with Crippen LogP contribution in [0.3, 0.4) is 0 Å². The molecule has 0 saturated heterocycles. The van der Waals surface area contributed by atoms with Crippen LogP contribution in [0.2, 0.25) is 0 Å². The average molecular weight is 286 g/mol. The van der Waals surface area contributed by atoms with Crippen molar-refractivity contribution in [2.75, 3.05) is 39.6 Å². The predicted octanol–water partition coefficient (Wildman–Crippen LogP) is 3.68. The topological polar surface area (TPSA) is 36.9 Å². The van der Waals surface area contributed by atoms with Crippen LogP contribution in [0.25, 0.3) is 0 Å². The van der Waals surface area contributed by atoms with Crippen molar-refractivity contribution in [2.45, 2.75) is 38.5 Å². The summed E-state index contributed by atoms with van der Waals surface area (Å²) in [6.07, 6.45) is 9.19. The van der Waals surface area contributed by atoms with Crippen molar-refractivity contribution in [1.82, 2.24) is 0 Å². The molecule has 0 aliphatic heterocycles. The minimum atomic E-state index is 0.735. The van der Waals surface area contributed by atoms with E-state index in [9.17, 15) is 0 Å². The molecule has 0 amide bonds. The second kappa shape index (κ2) is 18.0. The van der Waals surface area contributed by atoms with Gasteiger partial charge in [-0.1, -0.05) is 13.2 Å². The van der Waals surface area contributed by atoms with Crippen molar-refractivity contribution in [3.05, 3.63) is 25.7 Å². The van der Waals surface area contributed by atoms with Crippen LogP contribution in [-0.2, 0) is 18.9 Å². The zero-order valence-corrected chi connectivity index (χ0v) is 12.7. The smallest absolute Gasteiger partial charge is 0.0873 e. The van der Waals surface area contributed by atoms with E-state index >= 15 is 0 Å². The summed E-state index contributed by atoms with van der Waals surface area (Å²) in [4.78, 5) is 0. The number of unbranched alkanes of at least 4 members (excludes halogenated alkanes) is 3. The molecule has 0 fully saturated rings. The van der Waals surface area contributed by atoms with Gasteiger partial charge in [0.25, 0.3) is 0 Å².